The van der Waals surface area contributed by atoms with Gasteiger partial charge in [0.15, 0.2) is 0 Å². The maximum Gasteiger partial charge on any atom is 0.252 e. The molecule has 3 heterocycles. The van der Waals surface area contributed by atoms with Crippen LogP contribution in [0.25, 0.3) is 11.1 Å². The molecule has 0 amide bonds. The Kier molecular flexibility index (Phi) is 10.7. The Hall–Kier alpha value is -6.00. The molecule has 3 nitrogen and oxygen atoms in total. The predicted molar refractivity (Wildman–Crippen MR) is 308 cm³/mol. The van der Waals surface area contributed by atoms with Crippen molar-refractivity contribution in [2.45, 2.75) is 162 Å². The van der Waals surface area contributed by atoms with E-state index in [1.165, 1.54) is 119 Å². The minimum absolute atomic E-state index is 0.00820. The summed E-state index contributed by atoms with van der Waals surface area (Å²) in [4.78, 5) is 8.12. The zero-order valence-electron chi connectivity index (χ0n) is 45.5. The van der Waals surface area contributed by atoms with Crippen LogP contribution in [0.3, 0.4) is 0 Å². The van der Waals surface area contributed by atoms with Gasteiger partial charge in [0.25, 0.3) is 6.71 Å². The van der Waals surface area contributed by atoms with Crippen LogP contribution in [-0.4, -0.2) is 12.3 Å². The first-order valence-corrected chi connectivity index (χ1v) is 26.7. The average molecular weight is 934 g/mol. The lowest BCUT2D eigenvalue weighted by Gasteiger charge is -2.53. The van der Waals surface area contributed by atoms with E-state index in [-0.39, 0.29) is 39.3 Å². The predicted octanol–water partition coefficient (Wildman–Crippen LogP) is 16.7. The van der Waals surface area contributed by atoms with Crippen molar-refractivity contribution < 1.29 is 0 Å². The highest BCUT2D eigenvalue weighted by Crippen LogP contribution is 2.63. The van der Waals surface area contributed by atoms with Gasteiger partial charge in [0.2, 0.25) is 0 Å². The minimum Gasteiger partial charge on any atom is -0.335 e. The smallest absolute Gasteiger partial charge is 0.252 e. The number of anilines is 8. The summed E-state index contributed by atoms with van der Waals surface area (Å²) >= 11 is 0. The maximum absolute atomic E-state index is 2.89. The molecule has 1 aliphatic carbocycles. The molecule has 0 N–H and O–H groups in total. The van der Waals surface area contributed by atoms with Crippen LogP contribution in [0.1, 0.15) is 156 Å². The summed E-state index contributed by atoms with van der Waals surface area (Å²) in [5.41, 5.74) is 25.0. The Morgan fingerprint density at radius 2 is 1.00 bits per heavy atom. The van der Waals surface area contributed by atoms with Crippen LogP contribution in [0, 0.1) is 6.92 Å². The molecule has 71 heavy (non-hydrogen) atoms. The topological polar surface area (TPSA) is 9.72 Å². The third-order valence-electron chi connectivity index (χ3n) is 17.5. The Morgan fingerprint density at radius 3 is 1.58 bits per heavy atom. The number of hydrogen-bond donors (Lipinski definition) is 0. The van der Waals surface area contributed by atoms with Crippen molar-refractivity contribution >= 4 is 68.6 Å². The van der Waals surface area contributed by atoms with E-state index in [4.69, 9.17) is 0 Å². The molecule has 4 heteroatoms. The monoisotopic (exact) mass is 934 g/mol. The molecular formula is C67H76BN3. The molecule has 3 aliphatic heterocycles. The van der Waals surface area contributed by atoms with Crippen molar-refractivity contribution in [2.75, 3.05) is 14.7 Å². The first-order valence-electron chi connectivity index (χ1n) is 26.7. The minimum atomic E-state index is -0.122. The SMILES string of the molecule is Cc1cc2c3c(c1)N1c4c(cc(N(c5ccc(C(C)(C)C)cc5)c5ccc(C(C)(C)C)cc5)cc4C4(C)CCCCC14C)B3c1cc(C(C)(C)C)ccc1N2c1ccc(C(C)(C)C)cc1-c1ccccc1. The zero-order valence-corrected chi connectivity index (χ0v) is 45.5. The molecule has 2 unspecified atom stereocenters. The summed E-state index contributed by atoms with van der Waals surface area (Å²) < 4.78 is 0. The van der Waals surface area contributed by atoms with Crippen LogP contribution in [0.2, 0.25) is 0 Å². The van der Waals surface area contributed by atoms with E-state index in [9.17, 15) is 0 Å². The Labute approximate surface area is 427 Å². The second kappa shape index (κ2) is 16.0. The second-order valence-electron chi connectivity index (χ2n) is 26.4. The van der Waals surface area contributed by atoms with Crippen molar-refractivity contribution in [1.29, 1.82) is 0 Å². The molecule has 4 aliphatic rings. The van der Waals surface area contributed by atoms with E-state index in [0.717, 1.165) is 12.8 Å². The summed E-state index contributed by atoms with van der Waals surface area (Å²) in [5.74, 6) is 0. The highest BCUT2D eigenvalue weighted by atomic mass is 15.3. The number of fused-ring (bicyclic) bond motifs is 7. The van der Waals surface area contributed by atoms with Crippen LogP contribution < -0.4 is 31.1 Å². The molecule has 7 aromatic rings. The fraction of sp³-hybridized carbons (Fsp3) is 0.373. The third-order valence-corrected chi connectivity index (χ3v) is 17.5. The van der Waals surface area contributed by atoms with E-state index in [1.54, 1.807) is 0 Å². The van der Waals surface area contributed by atoms with Crippen molar-refractivity contribution in [1.82, 2.24) is 0 Å². The Balaban J connectivity index is 1.24. The lowest BCUT2D eigenvalue weighted by Crippen LogP contribution is -2.64. The summed E-state index contributed by atoms with van der Waals surface area (Å²) in [5, 5.41) is 0. The van der Waals surface area contributed by atoms with Gasteiger partial charge in [0.05, 0.1) is 11.2 Å². The van der Waals surface area contributed by atoms with Gasteiger partial charge in [0.1, 0.15) is 0 Å². The van der Waals surface area contributed by atoms with Gasteiger partial charge in [-0.25, -0.2) is 0 Å². The summed E-state index contributed by atoms with van der Waals surface area (Å²) in [6, 6.07) is 55.1. The molecule has 2 atom stereocenters. The Morgan fingerprint density at radius 1 is 0.479 bits per heavy atom. The van der Waals surface area contributed by atoms with Crippen molar-refractivity contribution in [2.24, 2.45) is 0 Å². The quantitative estimate of drug-likeness (QED) is 0.159. The zero-order chi connectivity index (χ0) is 50.4. The summed E-state index contributed by atoms with van der Waals surface area (Å²) in [7, 11) is 0. The average Bonchev–Trinajstić information content (AvgIpc) is 3.52. The van der Waals surface area contributed by atoms with Crippen molar-refractivity contribution in [3.05, 3.63) is 173 Å². The first kappa shape index (κ1) is 47.3. The molecule has 0 saturated heterocycles. The van der Waals surface area contributed by atoms with Gasteiger partial charge in [-0.15, -0.1) is 0 Å². The van der Waals surface area contributed by atoms with Gasteiger partial charge in [0, 0.05) is 50.8 Å². The van der Waals surface area contributed by atoms with E-state index in [2.05, 4.69) is 258 Å². The van der Waals surface area contributed by atoms with Crippen LogP contribution in [0.15, 0.2) is 140 Å². The van der Waals surface area contributed by atoms with Crippen molar-refractivity contribution in [3.63, 3.8) is 0 Å². The molecule has 0 aromatic heterocycles. The largest absolute Gasteiger partial charge is 0.335 e. The second-order valence-corrected chi connectivity index (χ2v) is 26.4. The molecule has 1 fully saturated rings. The molecule has 0 spiro atoms. The summed E-state index contributed by atoms with van der Waals surface area (Å²) in [6.45, 7) is 35.6. The van der Waals surface area contributed by atoms with Crippen LogP contribution in [-0.2, 0) is 27.1 Å². The van der Waals surface area contributed by atoms with E-state index in [0.29, 0.717) is 0 Å². The van der Waals surface area contributed by atoms with E-state index in [1.807, 2.05) is 0 Å². The van der Waals surface area contributed by atoms with E-state index >= 15 is 0 Å². The van der Waals surface area contributed by atoms with Gasteiger partial charge in [-0.3, -0.25) is 0 Å². The lowest BCUT2D eigenvalue weighted by atomic mass is 9.33. The summed E-state index contributed by atoms with van der Waals surface area (Å²) in [6.07, 6.45) is 4.77. The van der Waals surface area contributed by atoms with Gasteiger partial charge in [-0.1, -0.05) is 176 Å². The number of hydrogen-bond acceptors (Lipinski definition) is 3. The lowest BCUT2D eigenvalue weighted by molar-refractivity contribution is 0.195. The molecule has 362 valence electrons. The van der Waals surface area contributed by atoms with Crippen molar-refractivity contribution in [3.8, 4) is 11.1 Å². The number of rotatable bonds is 5. The van der Waals surface area contributed by atoms with Gasteiger partial charge >= 0.3 is 0 Å². The molecule has 0 radical (unpaired) electrons. The van der Waals surface area contributed by atoms with E-state index < -0.39 is 0 Å². The molecule has 0 bridgehead atoms. The first-order chi connectivity index (χ1) is 33.4. The molecular weight excluding hydrogens is 858 g/mol. The normalized spacial score (nSPS) is 19.3. The van der Waals surface area contributed by atoms with Crippen LogP contribution in [0.4, 0.5) is 45.5 Å². The fourth-order valence-corrected chi connectivity index (χ4v) is 13.0. The molecule has 1 saturated carbocycles. The van der Waals surface area contributed by atoms with Gasteiger partial charge in [-0.05, 0) is 170 Å². The molecule has 7 aromatic carbocycles. The third kappa shape index (κ3) is 7.43. The van der Waals surface area contributed by atoms with Crippen LogP contribution >= 0.6 is 0 Å². The van der Waals surface area contributed by atoms with Crippen LogP contribution in [0.5, 0.6) is 0 Å². The maximum atomic E-state index is 2.89. The highest BCUT2D eigenvalue weighted by molar-refractivity contribution is 7.00. The van der Waals surface area contributed by atoms with Gasteiger partial charge in [-0.2, -0.15) is 0 Å². The highest BCUT2D eigenvalue weighted by Gasteiger charge is 2.61. The standard InChI is InChI=1S/C67H76BN3/c1-43-37-58-60-59(38-43)71-61-53(66(14)35-19-20-36-67(66,71)15)41-51(69(49-29-23-45(24-30-49)62(2,3)4)50-31-25-46(26-32-50)63(5,6)7)42-55(61)68(60)54-40-48(65(11,12)13)28-34-57(54)70(58)56-33-27-47(64(8,9)10)39-52(56)44-21-17-16-18-22-44/h16-18,21-34,37-42H,19-20,35-36H2,1-15H3. The number of benzene rings is 7. The molecule has 11 rings (SSSR count). The fourth-order valence-electron chi connectivity index (χ4n) is 13.0. The van der Waals surface area contributed by atoms with Gasteiger partial charge < -0.3 is 14.7 Å². The number of nitrogens with zero attached hydrogens (tertiary/aromatic N) is 3. The number of aryl methyl sites for hydroxylation is 1. The Bertz CT molecular complexity index is 3170.